The molecule has 4 heteroatoms. The molecule has 1 heterocycles. The maximum absolute atomic E-state index is 11.7. The standard InChI is InChI=1S/C17H27NO3/c1-4-5-15-16(17(20)21)14(11(2)3)10-18(15)12-6-8-13(19)9-7-12/h10-13,19H,4-9H2,1-3H3,(H,20,21). The number of carbonyl (C=O) groups is 1. The predicted molar refractivity (Wildman–Crippen MR) is 83.0 cm³/mol. The average molecular weight is 293 g/mol. The fraction of sp³-hybridized carbons (Fsp3) is 0.706. The number of aliphatic hydroxyl groups excluding tert-OH is 1. The van der Waals surface area contributed by atoms with Crippen LogP contribution in [0.5, 0.6) is 0 Å². The SMILES string of the molecule is CCCc1c(C(=O)O)c(C(C)C)cn1C1CCC(O)CC1. The van der Waals surface area contributed by atoms with Crippen LogP contribution in [0.1, 0.15) is 86.5 Å². The highest BCUT2D eigenvalue weighted by Crippen LogP contribution is 2.34. The zero-order valence-corrected chi connectivity index (χ0v) is 13.3. The van der Waals surface area contributed by atoms with Gasteiger partial charge in [0.05, 0.1) is 11.7 Å². The van der Waals surface area contributed by atoms with E-state index < -0.39 is 5.97 Å². The van der Waals surface area contributed by atoms with Crippen LogP contribution in [-0.2, 0) is 6.42 Å². The maximum Gasteiger partial charge on any atom is 0.337 e. The Morgan fingerprint density at radius 1 is 1.33 bits per heavy atom. The molecule has 0 radical (unpaired) electrons. The second kappa shape index (κ2) is 6.65. The molecule has 1 saturated carbocycles. The van der Waals surface area contributed by atoms with Gasteiger partial charge in [-0.05, 0) is 43.6 Å². The van der Waals surface area contributed by atoms with E-state index in [4.69, 9.17) is 0 Å². The average Bonchev–Trinajstić information content (AvgIpc) is 2.80. The summed E-state index contributed by atoms with van der Waals surface area (Å²) in [4.78, 5) is 11.7. The van der Waals surface area contributed by atoms with Gasteiger partial charge in [0.15, 0.2) is 0 Å². The van der Waals surface area contributed by atoms with Gasteiger partial charge >= 0.3 is 5.97 Å². The van der Waals surface area contributed by atoms with E-state index in [0.717, 1.165) is 49.8 Å². The van der Waals surface area contributed by atoms with Crippen LogP contribution in [0, 0.1) is 0 Å². The first-order chi connectivity index (χ1) is 9.95. The van der Waals surface area contributed by atoms with Gasteiger partial charge in [-0.15, -0.1) is 0 Å². The predicted octanol–water partition coefficient (Wildman–Crippen LogP) is 3.74. The number of hydrogen-bond donors (Lipinski definition) is 2. The van der Waals surface area contributed by atoms with Crippen molar-refractivity contribution in [2.45, 2.75) is 77.4 Å². The molecule has 0 aliphatic heterocycles. The van der Waals surface area contributed by atoms with Crippen LogP contribution in [0.15, 0.2) is 6.20 Å². The van der Waals surface area contributed by atoms with E-state index in [9.17, 15) is 15.0 Å². The summed E-state index contributed by atoms with van der Waals surface area (Å²) >= 11 is 0. The van der Waals surface area contributed by atoms with Gasteiger partial charge in [0, 0.05) is 17.9 Å². The minimum absolute atomic E-state index is 0.185. The topological polar surface area (TPSA) is 62.5 Å². The summed E-state index contributed by atoms with van der Waals surface area (Å²) in [6.45, 7) is 6.18. The molecule has 1 aromatic heterocycles. The summed E-state index contributed by atoms with van der Waals surface area (Å²) < 4.78 is 2.20. The lowest BCUT2D eigenvalue weighted by molar-refractivity contribution is 0.0693. The quantitative estimate of drug-likeness (QED) is 0.869. The largest absolute Gasteiger partial charge is 0.478 e. The van der Waals surface area contributed by atoms with Crippen LogP contribution >= 0.6 is 0 Å². The number of carboxylic acids is 1. The Bertz CT molecular complexity index is 496. The summed E-state index contributed by atoms with van der Waals surface area (Å²) in [7, 11) is 0. The van der Waals surface area contributed by atoms with Crippen LogP contribution in [0.3, 0.4) is 0 Å². The molecule has 0 aromatic carbocycles. The Balaban J connectivity index is 2.44. The lowest BCUT2D eigenvalue weighted by Crippen LogP contribution is -2.22. The molecular weight excluding hydrogens is 266 g/mol. The Morgan fingerprint density at radius 2 is 1.95 bits per heavy atom. The zero-order chi connectivity index (χ0) is 15.6. The van der Waals surface area contributed by atoms with Crippen LogP contribution < -0.4 is 0 Å². The summed E-state index contributed by atoms with van der Waals surface area (Å²) in [5.74, 6) is -0.598. The number of aliphatic hydroxyl groups is 1. The molecule has 1 fully saturated rings. The van der Waals surface area contributed by atoms with Crippen molar-refractivity contribution in [2.24, 2.45) is 0 Å². The third kappa shape index (κ3) is 3.31. The second-order valence-electron chi connectivity index (χ2n) is 6.49. The monoisotopic (exact) mass is 293 g/mol. The van der Waals surface area contributed by atoms with E-state index >= 15 is 0 Å². The van der Waals surface area contributed by atoms with Crippen molar-refractivity contribution in [2.75, 3.05) is 0 Å². The Kier molecular flexibility index (Phi) is 5.09. The summed E-state index contributed by atoms with van der Waals surface area (Å²) in [5, 5.41) is 19.3. The van der Waals surface area contributed by atoms with Gasteiger partial charge in [0.25, 0.3) is 0 Å². The van der Waals surface area contributed by atoms with Crippen molar-refractivity contribution in [3.8, 4) is 0 Å². The van der Waals surface area contributed by atoms with Crippen LogP contribution in [0.2, 0.25) is 0 Å². The molecule has 0 unspecified atom stereocenters. The molecule has 4 nitrogen and oxygen atoms in total. The Morgan fingerprint density at radius 3 is 2.43 bits per heavy atom. The molecule has 0 amide bonds. The molecule has 1 aliphatic rings. The van der Waals surface area contributed by atoms with E-state index in [1.807, 2.05) is 13.8 Å². The lowest BCUT2D eigenvalue weighted by Gasteiger charge is -2.28. The molecule has 1 aliphatic carbocycles. The van der Waals surface area contributed by atoms with E-state index in [2.05, 4.69) is 17.7 Å². The van der Waals surface area contributed by atoms with Gasteiger partial charge in [-0.3, -0.25) is 0 Å². The minimum Gasteiger partial charge on any atom is -0.478 e. The maximum atomic E-state index is 11.7. The highest BCUT2D eigenvalue weighted by atomic mass is 16.4. The van der Waals surface area contributed by atoms with E-state index in [0.29, 0.717) is 11.6 Å². The van der Waals surface area contributed by atoms with Gasteiger partial charge < -0.3 is 14.8 Å². The third-order valence-electron chi connectivity index (χ3n) is 4.55. The molecular formula is C17H27NO3. The van der Waals surface area contributed by atoms with Gasteiger partial charge in [-0.25, -0.2) is 4.79 Å². The first-order valence-electron chi connectivity index (χ1n) is 8.10. The molecule has 0 spiro atoms. The number of rotatable bonds is 5. The third-order valence-corrected chi connectivity index (χ3v) is 4.55. The molecule has 0 bridgehead atoms. The van der Waals surface area contributed by atoms with Crippen molar-refractivity contribution in [3.05, 3.63) is 23.0 Å². The number of aromatic carboxylic acids is 1. The van der Waals surface area contributed by atoms with Crippen molar-refractivity contribution in [1.82, 2.24) is 4.57 Å². The van der Waals surface area contributed by atoms with E-state index in [1.165, 1.54) is 0 Å². The van der Waals surface area contributed by atoms with Gasteiger partial charge in [0.2, 0.25) is 0 Å². The van der Waals surface area contributed by atoms with Crippen molar-refractivity contribution < 1.29 is 15.0 Å². The Labute approximate surface area is 126 Å². The molecule has 2 N–H and O–H groups in total. The van der Waals surface area contributed by atoms with Crippen LogP contribution in [-0.4, -0.2) is 26.9 Å². The number of aromatic nitrogens is 1. The van der Waals surface area contributed by atoms with Crippen LogP contribution in [0.4, 0.5) is 0 Å². The summed E-state index contributed by atoms with van der Waals surface area (Å²) in [6.07, 6.45) is 7.11. The first-order valence-corrected chi connectivity index (χ1v) is 8.10. The van der Waals surface area contributed by atoms with E-state index in [-0.39, 0.29) is 12.0 Å². The zero-order valence-electron chi connectivity index (χ0n) is 13.3. The van der Waals surface area contributed by atoms with Crippen molar-refractivity contribution in [3.63, 3.8) is 0 Å². The molecule has 2 rings (SSSR count). The van der Waals surface area contributed by atoms with Gasteiger partial charge in [0.1, 0.15) is 0 Å². The molecule has 0 saturated heterocycles. The van der Waals surface area contributed by atoms with E-state index in [1.54, 1.807) is 0 Å². The molecule has 21 heavy (non-hydrogen) atoms. The molecule has 118 valence electrons. The first kappa shape index (κ1) is 16.1. The van der Waals surface area contributed by atoms with Crippen molar-refractivity contribution >= 4 is 5.97 Å². The summed E-state index contributed by atoms with van der Waals surface area (Å²) in [6, 6.07) is 0.334. The molecule has 1 aromatic rings. The fourth-order valence-electron chi connectivity index (χ4n) is 3.43. The lowest BCUT2D eigenvalue weighted by atomic mass is 9.92. The summed E-state index contributed by atoms with van der Waals surface area (Å²) in [5.41, 5.74) is 2.42. The normalized spacial score (nSPS) is 22.7. The Hall–Kier alpha value is -1.29. The fourth-order valence-corrected chi connectivity index (χ4v) is 3.43. The second-order valence-corrected chi connectivity index (χ2v) is 6.49. The smallest absolute Gasteiger partial charge is 0.337 e. The highest BCUT2D eigenvalue weighted by molar-refractivity contribution is 5.91. The number of nitrogens with zero attached hydrogens (tertiary/aromatic N) is 1. The highest BCUT2D eigenvalue weighted by Gasteiger charge is 2.28. The number of carboxylic acid groups (broad SMARTS) is 1. The molecule has 0 atom stereocenters. The van der Waals surface area contributed by atoms with Gasteiger partial charge in [-0.1, -0.05) is 27.2 Å². The number of hydrogen-bond acceptors (Lipinski definition) is 2. The van der Waals surface area contributed by atoms with Crippen LogP contribution in [0.25, 0.3) is 0 Å². The minimum atomic E-state index is -0.809. The van der Waals surface area contributed by atoms with Gasteiger partial charge in [-0.2, -0.15) is 0 Å². The van der Waals surface area contributed by atoms with Crippen molar-refractivity contribution in [1.29, 1.82) is 0 Å².